The molecule has 0 aliphatic carbocycles. The first-order valence-electron chi connectivity index (χ1n) is 16.0. The van der Waals surface area contributed by atoms with Crippen LogP contribution in [0.15, 0.2) is 146 Å². The molecule has 0 aliphatic heterocycles. The molecule has 9 aromatic rings. The van der Waals surface area contributed by atoms with E-state index in [0.717, 1.165) is 22.5 Å². The number of fused-ring (bicyclic) bond motifs is 5. The Kier molecular flexibility index (Phi) is 6.48. The lowest BCUT2D eigenvalue weighted by atomic mass is 9.84. The van der Waals surface area contributed by atoms with Gasteiger partial charge in [0, 0.05) is 55.1 Å². The molecule has 0 saturated carbocycles. The monoisotopic (exact) mass is 618 g/mol. The van der Waals surface area contributed by atoms with E-state index in [9.17, 15) is 0 Å². The molecule has 2 nitrogen and oxygen atoms in total. The van der Waals surface area contributed by atoms with Gasteiger partial charge in [-0.2, -0.15) is 0 Å². The lowest BCUT2D eigenvalue weighted by Gasteiger charge is -2.19. The molecule has 0 atom stereocenters. The Labute approximate surface area is 277 Å². The van der Waals surface area contributed by atoms with Crippen molar-refractivity contribution in [2.24, 2.45) is 0 Å². The van der Waals surface area contributed by atoms with Crippen molar-refractivity contribution in [1.82, 2.24) is 9.97 Å². The maximum Gasteiger partial charge on any atom is 0.0450 e. The van der Waals surface area contributed by atoms with Crippen LogP contribution in [0.5, 0.6) is 0 Å². The summed E-state index contributed by atoms with van der Waals surface area (Å²) >= 11 is 1.88. The number of hydrogen-bond acceptors (Lipinski definition) is 3. The predicted octanol–water partition coefficient (Wildman–Crippen LogP) is 12.4. The van der Waals surface area contributed by atoms with E-state index >= 15 is 0 Å². The number of benzene rings is 6. The Hall–Kier alpha value is -5.64. The van der Waals surface area contributed by atoms with Crippen molar-refractivity contribution >= 4 is 53.1 Å². The minimum absolute atomic E-state index is 1.03. The summed E-state index contributed by atoms with van der Waals surface area (Å²) in [6, 6.07) is 48.9. The fourth-order valence-electron chi connectivity index (χ4n) is 7.28. The summed E-state index contributed by atoms with van der Waals surface area (Å²) in [7, 11) is 0. The number of aryl methyl sites for hydroxylation is 2. The van der Waals surface area contributed by atoms with Crippen molar-refractivity contribution in [2.75, 3.05) is 0 Å². The van der Waals surface area contributed by atoms with Gasteiger partial charge in [0.1, 0.15) is 0 Å². The molecule has 0 saturated heterocycles. The fraction of sp³-hybridized carbons (Fsp3) is 0.0455. The van der Waals surface area contributed by atoms with Crippen LogP contribution >= 0.6 is 11.3 Å². The molecular formula is C44H30N2S. The van der Waals surface area contributed by atoms with E-state index in [4.69, 9.17) is 0 Å². The van der Waals surface area contributed by atoms with Crippen molar-refractivity contribution < 1.29 is 0 Å². The molecule has 222 valence electrons. The van der Waals surface area contributed by atoms with Crippen LogP contribution in [0.25, 0.3) is 86.2 Å². The summed E-state index contributed by atoms with van der Waals surface area (Å²) in [6.07, 6.45) is 3.73. The lowest BCUT2D eigenvalue weighted by molar-refractivity contribution is 1.20. The van der Waals surface area contributed by atoms with E-state index in [-0.39, 0.29) is 0 Å². The molecule has 0 aliphatic rings. The van der Waals surface area contributed by atoms with Crippen molar-refractivity contribution in [3.63, 3.8) is 0 Å². The summed E-state index contributed by atoms with van der Waals surface area (Å²) in [5.74, 6) is 0. The normalized spacial score (nSPS) is 11.6. The largest absolute Gasteiger partial charge is 0.261 e. The van der Waals surface area contributed by atoms with Crippen molar-refractivity contribution in [3.05, 3.63) is 157 Å². The molecule has 3 heterocycles. The Bertz CT molecular complexity index is 2660. The van der Waals surface area contributed by atoms with Gasteiger partial charge in [0.25, 0.3) is 0 Å². The SMILES string of the molecule is Cc1ncccc1-c1cccc(-c2c3ccccc3c(-c3cccc(-c4cccnc4C)c3)c3cc4c(cc23)sc2ccccc24)c1. The number of pyridine rings is 2. The minimum atomic E-state index is 1.03. The molecule has 3 heteroatoms. The Morgan fingerprint density at radius 3 is 1.47 bits per heavy atom. The van der Waals surface area contributed by atoms with E-state index < -0.39 is 0 Å². The predicted molar refractivity (Wildman–Crippen MR) is 201 cm³/mol. The first kappa shape index (κ1) is 27.7. The summed E-state index contributed by atoms with van der Waals surface area (Å²) in [5.41, 5.74) is 11.7. The van der Waals surface area contributed by atoms with Crippen molar-refractivity contribution in [2.45, 2.75) is 13.8 Å². The molecule has 47 heavy (non-hydrogen) atoms. The average Bonchev–Trinajstić information content (AvgIpc) is 3.47. The van der Waals surface area contributed by atoms with Gasteiger partial charge in [-0.3, -0.25) is 9.97 Å². The topological polar surface area (TPSA) is 25.8 Å². The Morgan fingerprint density at radius 1 is 0.383 bits per heavy atom. The van der Waals surface area contributed by atoms with E-state index in [2.05, 4.69) is 145 Å². The lowest BCUT2D eigenvalue weighted by Crippen LogP contribution is -1.93. The number of rotatable bonds is 4. The highest BCUT2D eigenvalue weighted by molar-refractivity contribution is 7.25. The zero-order chi connectivity index (χ0) is 31.5. The van der Waals surface area contributed by atoms with Crippen molar-refractivity contribution in [1.29, 1.82) is 0 Å². The number of thiophene rings is 1. The molecule has 0 unspecified atom stereocenters. The third kappa shape index (κ3) is 4.54. The summed E-state index contributed by atoms with van der Waals surface area (Å²) in [6.45, 7) is 4.17. The third-order valence-electron chi connectivity index (χ3n) is 9.46. The smallest absolute Gasteiger partial charge is 0.0450 e. The first-order valence-corrected chi connectivity index (χ1v) is 16.8. The number of aromatic nitrogens is 2. The van der Waals surface area contributed by atoms with Crippen LogP contribution in [0.1, 0.15) is 11.4 Å². The highest BCUT2D eigenvalue weighted by Crippen LogP contribution is 2.48. The highest BCUT2D eigenvalue weighted by atomic mass is 32.1. The molecule has 9 rings (SSSR count). The number of hydrogen-bond donors (Lipinski definition) is 0. The van der Waals surface area contributed by atoms with Gasteiger partial charge < -0.3 is 0 Å². The van der Waals surface area contributed by atoms with Gasteiger partial charge in [-0.1, -0.05) is 91.0 Å². The van der Waals surface area contributed by atoms with Crippen molar-refractivity contribution in [3.8, 4) is 44.5 Å². The standard InChI is InChI=1S/C44H30N2S/c1-27-33(18-9-21-45-27)29-11-7-13-31(23-29)43-36-16-3-4-17-37(36)44(32-14-8-12-30(24-32)34-19-10-22-46-28(34)2)40-26-42-38(25-39(40)43)35-15-5-6-20-41(35)47-42/h3-26H,1-2H3. The molecule has 0 spiro atoms. The van der Waals surface area contributed by atoms with Gasteiger partial charge in [0.15, 0.2) is 0 Å². The molecule has 0 amide bonds. The second-order valence-corrected chi connectivity index (χ2v) is 13.3. The van der Waals surface area contributed by atoms with Crippen LogP contribution in [0.4, 0.5) is 0 Å². The molecule has 0 fully saturated rings. The maximum atomic E-state index is 4.59. The van der Waals surface area contributed by atoms with Gasteiger partial charge >= 0.3 is 0 Å². The summed E-state index contributed by atoms with van der Waals surface area (Å²) in [4.78, 5) is 9.18. The summed E-state index contributed by atoms with van der Waals surface area (Å²) in [5, 5.41) is 7.64. The van der Waals surface area contributed by atoms with Gasteiger partial charge in [0.05, 0.1) is 0 Å². The maximum absolute atomic E-state index is 4.59. The molecular weight excluding hydrogens is 589 g/mol. The number of nitrogens with zero attached hydrogens (tertiary/aromatic N) is 2. The highest BCUT2D eigenvalue weighted by Gasteiger charge is 2.20. The fourth-order valence-corrected chi connectivity index (χ4v) is 8.41. The average molecular weight is 619 g/mol. The molecule has 3 aromatic heterocycles. The van der Waals surface area contributed by atoms with Crippen LogP contribution in [-0.4, -0.2) is 9.97 Å². The van der Waals surface area contributed by atoms with Crippen LogP contribution in [0.2, 0.25) is 0 Å². The van der Waals surface area contributed by atoms with Gasteiger partial charge in [-0.25, -0.2) is 0 Å². The zero-order valence-corrected chi connectivity index (χ0v) is 27.0. The van der Waals surface area contributed by atoms with E-state index in [1.165, 1.54) is 75.1 Å². The zero-order valence-electron chi connectivity index (χ0n) is 26.2. The Morgan fingerprint density at radius 2 is 0.894 bits per heavy atom. The third-order valence-corrected chi connectivity index (χ3v) is 10.6. The second kappa shape index (κ2) is 11.0. The van der Waals surface area contributed by atoms with E-state index in [0.29, 0.717) is 0 Å². The van der Waals surface area contributed by atoms with Gasteiger partial charge in [0.2, 0.25) is 0 Å². The summed E-state index contributed by atoms with van der Waals surface area (Å²) < 4.78 is 2.62. The quantitative estimate of drug-likeness (QED) is 0.183. The van der Waals surface area contributed by atoms with Crippen LogP contribution in [0.3, 0.4) is 0 Å². The molecule has 0 radical (unpaired) electrons. The molecule has 0 bridgehead atoms. The van der Waals surface area contributed by atoms with Crippen LogP contribution < -0.4 is 0 Å². The first-order chi connectivity index (χ1) is 23.1. The Balaban J connectivity index is 1.41. The van der Waals surface area contributed by atoms with Crippen LogP contribution in [-0.2, 0) is 0 Å². The van der Waals surface area contributed by atoms with E-state index in [1.807, 2.05) is 35.9 Å². The van der Waals surface area contributed by atoms with Crippen LogP contribution in [0, 0.1) is 13.8 Å². The van der Waals surface area contributed by atoms with Gasteiger partial charge in [-0.05, 0) is 111 Å². The van der Waals surface area contributed by atoms with E-state index in [1.54, 1.807) is 0 Å². The minimum Gasteiger partial charge on any atom is -0.261 e. The second-order valence-electron chi connectivity index (χ2n) is 12.2. The molecule has 0 N–H and O–H groups in total. The van der Waals surface area contributed by atoms with Gasteiger partial charge in [-0.15, -0.1) is 11.3 Å². The molecule has 6 aromatic carbocycles.